The smallest absolute Gasteiger partial charge is 0.161 e. The molecule has 28 heavy (non-hydrogen) atoms. The fourth-order valence-corrected chi connectivity index (χ4v) is 2.83. The summed E-state index contributed by atoms with van der Waals surface area (Å²) in [4.78, 5) is 4.47. The summed E-state index contributed by atoms with van der Waals surface area (Å²) in [5, 5.41) is 1.29. The zero-order chi connectivity index (χ0) is 19.9. The van der Waals surface area contributed by atoms with Crippen molar-refractivity contribution in [2.24, 2.45) is 4.99 Å². The summed E-state index contributed by atoms with van der Waals surface area (Å²) < 4.78 is 16.6. The van der Waals surface area contributed by atoms with E-state index in [1.54, 1.807) is 38.6 Å². The Morgan fingerprint density at radius 1 is 0.786 bits per heavy atom. The maximum Gasteiger partial charge on any atom is 0.161 e. The average Bonchev–Trinajstić information content (AvgIpc) is 2.72. The number of benzene rings is 3. The Bertz CT molecular complexity index is 972. The lowest BCUT2D eigenvalue weighted by Crippen LogP contribution is -1.98. The Labute approximate surface area is 174 Å². The SMILES string of the molecule is COc1ccc(Cl)cc1N=Cc1ccc(OCc2ccc(Cl)cc2)c(OC)c1. The van der Waals surface area contributed by atoms with Gasteiger partial charge in [0.15, 0.2) is 11.5 Å². The van der Waals surface area contributed by atoms with Crippen molar-refractivity contribution in [3.05, 3.63) is 81.8 Å². The van der Waals surface area contributed by atoms with E-state index in [0.29, 0.717) is 39.6 Å². The molecule has 0 N–H and O–H groups in total. The van der Waals surface area contributed by atoms with Crippen LogP contribution in [-0.4, -0.2) is 20.4 Å². The highest BCUT2D eigenvalue weighted by molar-refractivity contribution is 6.31. The van der Waals surface area contributed by atoms with Gasteiger partial charge in [0.2, 0.25) is 0 Å². The Hall–Kier alpha value is -2.69. The molecule has 0 unspecified atom stereocenters. The fourth-order valence-electron chi connectivity index (χ4n) is 2.53. The molecule has 0 heterocycles. The highest BCUT2D eigenvalue weighted by Gasteiger charge is 2.07. The van der Waals surface area contributed by atoms with Gasteiger partial charge in [0.1, 0.15) is 18.0 Å². The molecule has 0 fully saturated rings. The van der Waals surface area contributed by atoms with Gasteiger partial charge < -0.3 is 14.2 Å². The summed E-state index contributed by atoms with van der Waals surface area (Å²) in [5.74, 6) is 1.92. The van der Waals surface area contributed by atoms with Gasteiger partial charge in [0.05, 0.1) is 14.2 Å². The first-order valence-corrected chi connectivity index (χ1v) is 9.27. The highest BCUT2D eigenvalue weighted by atomic mass is 35.5. The van der Waals surface area contributed by atoms with E-state index in [9.17, 15) is 0 Å². The van der Waals surface area contributed by atoms with Crippen molar-refractivity contribution in [2.75, 3.05) is 14.2 Å². The quantitative estimate of drug-likeness (QED) is 0.422. The molecule has 0 radical (unpaired) electrons. The molecule has 3 rings (SSSR count). The molecule has 4 nitrogen and oxygen atoms in total. The van der Waals surface area contributed by atoms with Gasteiger partial charge in [0, 0.05) is 16.3 Å². The number of methoxy groups -OCH3 is 2. The molecule has 0 amide bonds. The molecule has 0 atom stereocenters. The molecule has 3 aromatic rings. The number of hydrogen-bond donors (Lipinski definition) is 0. The van der Waals surface area contributed by atoms with Crippen molar-refractivity contribution in [3.8, 4) is 17.2 Å². The molecule has 3 aromatic carbocycles. The lowest BCUT2D eigenvalue weighted by molar-refractivity contribution is 0.284. The maximum absolute atomic E-state index is 6.04. The normalized spacial score (nSPS) is 10.9. The van der Waals surface area contributed by atoms with E-state index < -0.39 is 0 Å². The Morgan fingerprint density at radius 2 is 1.46 bits per heavy atom. The minimum atomic E-state index is 0.417. The number of nitrogens with zero attached hydrogens (tertiary/aromatic N) is 1. The molecule has 0 aliphatic carbocycles. The van der Waals surface area contributed by atoms with Crippen molar-refractivity contribution in [2.45, 2.75) is 6.61 Å². The van der Waals surface area contributed by atoms with Crippen LogP contribution < -0.4 is 14.2 Å². The summed E-state index contributed by atoms with van der Waals surface area (Å²) in [6.07, 6.45) is 1.72. The third kappa shape index (κ3) is 5.18. The van der Waals surface area contributed by atoms with Gasteiger partial charge >= 0.3 is 0 Å². The first kappa shape index (κ1) is 20.1. The van der Waals surface area contributed by atoms with Crippen molar-refractivity contribution >= 4 is 35.1 Å². The minimum Gasteiger partial charge on any atom is -0.494 e. The van der Waals surface area contributed by atoms with Crippen molar-refractivity contribution < 1.29 is 14.2 Å². The lowest BCUT2D eigenvalue weighted by Gasteiger charge is -2.11. The van der Waals surface area contributed by atoms with Gasteiger partial charge in [-0.2, -0.15) is 0 Å². The number of hydrogen-bond acceptors (Lipinski definition) is 4. The number of halogens is 2. The predicted molar refractivity (Wildman–Crippen MR) is 114 cm³/mol. The second kappa shape index (κ2) is 9.49. The van der Waals surface area contributed by atoms with E-state index in [4.69, 9.17) is 37.4 Å². The summed E-state index contributed by atoms with van der Waals surface area (Å²) in [5.41, 5.74) is 2.53. The second-order valence-corrected chi connectivity index (χ2v) is 6.77. The van der Waals surface area contributed by atoms with Crippen LogP contribution in [0.25, 0.3) is 0 Å². The van der Waals surface area contributed by atoms with E-state index in [1.807, 2.05) is 42.5 Å². The number of ether oxygens (including phenoxy) is 3. The van der Waals surface area contributed by atoms with Crippen LogP contribution in [0.15, 0.2) is 65.7 Å². The van der Waals surface area contributed by atoms with Gasteiger partial charge in [-0.25, -0.2) is 0 Å². The minimum absolute atomic E-state index is 0.417. The van der Waals surface area contributed by atoms with Crippen LogP contribution in [0.1, 0.15) is 11.1 Å². The molecule has 0 aromatic heterocycles. The van der Waals surface area contributed by atoms with Crippen LogP contribution in [-0.2, 0) is 6.61 Å². The van der Waals surface area contributed by atoms with Gasteiger partial charge in [-0.05, 0) is 59.7 Å². The zero-order valence-electron chi connectivity index (χ0n) is 15.5. The Balaban J connectivity index is 1.75. The molecule has 0 bridgehead atoms. The highest BCUT2D eigenvalue weighted by Crippen LogP contribution is 2.31. The topological polar surface area (TPSA) is 40.0 Å². The maximum atomic E-state index is 6.04. The van der Waals surface area contributed by atoms with E-state index in [0.717, 1.165) is 11.1 Å². The first-order valence-electron chi connectivity index (χ1n) is 8.52. The van der Waals surface area contributed by atoms with Gasteiger partial charge in [-0.3, -0.25) is 4.99 Å². The van der Waals surface area contributed by atoms with Crippen LogP contribution in [0.4, 0.5) is 5.69 Å². The third-order valence-electron chi connectivity index (χ3n) is 3.99. The molecule has 6 heteroatoms. The van der Waals surface area contributed by atoms with E-state index in [-0.39, 0.29) is 0 Å². The van der Waals surface area contributed by atoms with Crippen LogP contribution >= 0.6 is 23.2 Å². The van der Waals surface area contributed by atoms with Crippen LogP contribution in [0, 0.1) is 0 Å². The number of aliphatic imine (C=N–C) groups is 1. The Kier molecular flexibility index (Phi) is 6.80. The predicted octanol–water partition coefficient (Wildman–Crippen LogP) is 6.34. The zero-order valence-corrected chi connectivity index (χ0v) is 17.0. The molecule has 144 valence electrons. The molecular formula is C22H19Cl2NO3. The van der Waals surface area contributed by atoms with Crippen LogP contribution in [0.2, 0.25) is 10.0 Å². The van der Waals surface area contributed by atoms with Crippen LogP contribution in [0.5, 0.6) is 17.2 Å². The number of rotatable bonds is 7. The average molecular weight is 416 g/mol. The molecular weight excluding hydrogens is 397 g/mol. The van der Waals surface area contributed by atoms with Gasteiger partial charge in [-0.1, -0.05) is 35.3 Å². The Morgan fingerprint density at radius 3 is 2.18 bits per heavy atom. The molecule has 0 saturated heterocycles. The summed E-state index contributed by atoms with van der Waals surface area (Å²) in [6.45, 7) is 0.417. The van der Waals surface area contributed by atoms with E-state index in [1.165, 1.54) is 0 Å². The largest absolute Gasteiger partial charge is 0.494 e. The summed E-state index contributed by atoms with van der Waals surface area (Å²) >= 11 is 12.0. The van der Waals surface area contributed by atoms with E-state index >= 15 is 0 Å². The van der Waals surface area contributed by atoms with Crippen LogP contribution in [0.3, 0.4) is 0 Å². The van der Waals surface area contributed by atoms with E-state index in [2.05, 4.69) is 4.99 Å². The lowest BCUT2D eigenvalue weighted by atomic mass is 10.2. The van der Waals surface area contributed by atoms with Crippen molar-refractivity contribution in [1.29, 1.82) is 0 Å². The second-order valence-electron chi connectivity index (χ2n) is 5.90. The fraction of sp³-hybridized carbons (Fsp3) is 0.136. The van der Waals surface area contributed by atoms with Gasteiger partial charge in [-0.15, -0.1) is 0 Å². The molecule has 0 aliphatic heterocycles. The molecule has 0 spiro atoms. The monoisotopic (exact) mass is 415 g/mol. The first-order chi connectivity index (χ1) is 13.6. The van der Waals surface area contributed by atoms with Gasteiger partial charge in [0.25, 0.3) is 0 Å². The standard InChI is InChI=1S/C22H19Cl2NO3/c1-26-20-10-8-18(24)12-19(20)25-13-16-5-9-21(22(11-16)27-2)28-14-15-3-6-17(23)7-4-15/h3-13H,14H2,1-2H3. The summed E-state index contributed by atoms with van der Waals surface area (Å²) in [6, 6.07) is 18.4. The third-order valence-corrected chi connectivity index (χ3v) is 4.48. The molecule has 0 aliphatic rings. The van der Waals surface area contributed by atoms with Crippen molar-refractivity contribution in [3.63, 3.8) is 0 Å². The van der Waals surface area contributed by atoms with Crippen molar-refractivity contribution in [1.82, 2.24) is 0 Å². The summed E-state index contributed by atoms with van der Waals surface area (Å²) in [7, 11) is 3.20. The molecule has 0 saturated carbocycles.